The molecule has 1 fully saturated rings. The van der Waals surface area contributed by atoms with Crippen LogP contribution in [0.2, 0.25) is 0 Å². The number of fused-ring (bicyclic) bond motifs is 1. The number of hydrogen-bond acceptors (Lipinski definition) is 3. The molecule has 0 spiro atoms. The highest BCUT2D eigenvalue weighted by atomic mass is 32.2. The summed E-state index contributed by atoms with van der Waals surface area (Å²) in [4.78, 5) is 4.55. The molecule has 0 amide bonds. The van der Waals surface area contributed by atoms with Gasteiger partial charge in [-0.05, 0) is 37.8 Å². The van der Waals surface area contributed by atoms with E-state index in [-0.39, 0.29) is 5.92 Å². The Morgan fingerprint density at radius 1 is 1.44 bits per heavy atom. The minimum absolute atomic E-state index is 0.236. The summed E-state index contributed by atoms with van der Waals surface area (Å²) in [5.41, 5.74) is 3.07. The van der Waals surface area contributed by atoms with E-state index in [1.54, 1.807) is 0 Å². The van der Waals surface area contributed by atoms with Gasteiger partial charge in [-0.2, -0.15) is 0 Å². The molecule has 4 nitrogen and oxygen atoms in total. The standard InChI is InChI=1S/C13H16N2O2S/c1-10-3-2-4-13-14-12(8-15(10)13)7-11-5-6-18(16,17)9-11/h2-4,8,11H,5-7,9H2,1H3. The molecule has 0 bridgehead atoms. The van der Waals surface area contributed by atoms with Gasteiger partial charge >= 0.3 is 0 Å². The molecule has 96 valence electrons. The topological polar surface area (TPSA) is 51.4 Å². The summed E-state index contributed by atoms with van der Waals surface area (Å²) in [5, 5.41) is 0. The zero-order chi connectivity index (χ0) is 12.8. The molecule has 1 aliphatic rings. The van der Waals surface area contributed by atoms with Crippen molar-refractivity contribution in [3.8, 4) is 0 Å². The van der Waals surface area contributed by atoms with E-state index >= 15 is 0 Å². The van der Waals surface area contributed by atoms with E-state index in [1.165, 1.54) is 0 Å². The number of hydrogen-bond donors (Lipinski definition) is 0. The van der Waals surface area contributed by atoms with Gasteiger partial charge in [-0.25, -0.2) is 13.4 Å². The van der Waals surface area contributed by atoms with Gasteiger partial charge in [-0.15, -0.1) is 0 Å². The number of aromatic nitrogens is 2. The van der Waals surface area contributed by atoms with Crippen molar-refractivity contribution in [2.45, 2.75) is 19.8 Å². The fourth-order valence-electron chi connectivity index (χ4n) is 2.63. The minimum Gasteiger partial charge on any atom is -0.304 e. The number of nitrogens with zero attached hydrogens (tertiary/aromatic N) is 2. The third kappa shape index (κ3) is 2.14. The second-order valence-electron chi connectivity index (χ2n) is 5.10. The van der Waals surface area contributed by atoms with Crippen LogP contribution in [-0.4, -0.2) is 29.3 Å². The van der Waals surface area contributed by atoms with Gasteiger partial charge in [-0.3, -0.25) is 0 Å². The monoisotopic (exact) mass is 264 g/mol. The molecule has 3 heterocycles. The Bertz CT molecular complexity index is 688. The van der Waals surface area contributed by atoms with Gasteiger partial charge in [0.1, 0.15) is 5.65 Å². The van der Waals surface area contributed by atoms with Gasteiger partial charge in [0.05, 0.1) is 17.2 Å². The smallest absolute Gasteiger partial charge is 0.150 e. The van der Waals surface area contributed by atoms with Crippen LogP contribution < -0.4 is 0 Å². The van der Waals surface area contributed by atoms with Gasteiger partial charge in [0.25, 0.3) is 0 Å². The summed E-state index contributed by atoms with van der Waals surface area (Å²) in [6.07, 6.45) is 3.56. The fourth-order valence-corrected chi connectivity index (χ4v) is 4.49. The lowest BCUT2D eigenvalue weighted by Gasteiger charge is -2.03. The molecule has 0 radical (unpaired) electrons. The predicted molar refractivity (Wildman–Crippen MR) is 70.4 cm³/mol. The van der Waals surface area contributed by atoms with Crippen LogP contribution in [-0.2, 0) is 16.3 Å². The lowest BCUT2D eigenvalue weighted by atomic mass is 10.0. The molecule has 2 aromatic rings. The molecule has 0 aromatic carbocycles. The fraction of sp³-hybridized carbons (Fsp3) is 0.462. The average Bonchev–Trinajstić information content (AvgIpc) is 2.83. The Kier molecular flexibility index (Phi) is 2.66. The third-order valence-electron chi connectivity index (χ3n) is 3.57. The van der Waals surface area contributed by atoms with Crippen molar-refractivity contribution in [1.29, 1.82) is 0 Å². The maximum atomic E-state index is 11.4. The highest BCUT2D eigenvalue weighted by Gasteiger charge is 2.28. The third-order valence-corrected chi connectivity index (χ3v) is 5.41. The maximum absolute atomic E-state index is 11.4. The summed E-state index contributed by atoms with van der Waals surface area (Å²) < 4.78 is 24.9. The lowest BCUT2D eigenvalue weighted by molar-refractivity contribution is 0.578. The van der Waals surface area contributed by atoms with E-state index in [2.05, 4.69) is 9.38 Å². The molecule has 1 unspecified atom stereocenters. The van der Waals surface area contributed by atoms with Crippen molar-refractivity contribution in [3.63, 3.8) is 0 Å². The second kappa shape index (κ2) is 4.09. The van der Waals surface area contributed by atoms with Crippen molar-refractivity contribution < 1.29 is 8.42 Å². The van der Waals surface area contributed by atoms with Gasteiger partial charge in [0.15, 0.2) is 9.84 Å². The van der Waals surface area contributed by atoms with E-state index < -0.39 is 9.84 Å². The van der Waals surface area contributed by atoms with Crippen molar-refractivity contribution in [1.82, 2.24) is 9.38 Å². The first-order chi connectivity index (χ1) is 8.53. The van der Waals surface area contributed by atoms with E-state index in [9.17, 15) is 8.42 Å². The van der Waals surface area contributed by atoms with Crippen LogP contribution in [0.3, 0.4) is 0 Å². The first-order valence-electron chi connectivity index (χ1n) is 6.17. The summed E-state index contributed by atoms with van der Waals surface area (Å²) in [6, 6.07) is 6.00. The van der Waals surface area contributed by atoms with Gasteiger partial charge in [-0.1, -0.05) is 6.07 Å². The van der Waals surface area contributed by atoms with E-state index in [1.807, 2.05) is 31.3 Å². The highest BCUT2D eigenvalue weighted by Crippen LogP contribution is 2.22. The Balaban J connectivity index is 1.86. The lowest BCUT2D eigenvalue weighted by Crippen LogP contribution is -2.07. The zero-order valence-electron chi connectivity index (χ0n) is 10.3. The largest absolute Gasteiger partial charge is 0.304 e. The number of aryl methyl sites for hydroxylation is 1. The Hall–Kier alpha value is -1.36. The predicted octanol–water partition coefficient (Wildman–Crippen LogP) is 1.62. The van der Waals surface area contributed by atoms with Crippen molar-refractivity contribution >= 4 is 15.5 Å². The van der Waals surface area contributed by atoms with Crippen molar-refractivity contribution in [3.05, 3.63) is 35.8 Å². The van der Waals surface area contributed by atoms with Crippen LogP contribution in [0.4, 0.5) is 0 Å². The zero-order valence-corrected chi connectivity index (χ0v) is 11.2. The van der Waals surface area contributed by atoms with Crippen molar-refractivity contribution in [2.75, 3.05) is 11.5 Å². The van der Waals surface area contributed by atoms with Gasteiger partial charge in [0.2, 0.25) is 0 Å². The quantitative estimate of drug-likeness (QED) is 0.828. The Morgan fingerprint density at radius 3 is 2.94 bits per heavy atom. The summed E-state index contributed by atoms with van der Waals surface area (Å²) in [7, 11) is -2.79. The van der Waals surface area contributed by atoms with Gasteiger partial charge < -0.3 is 4.40 Å². The van der Waals surface area contributed by atoms with Crippen LogP contribution in [0.5, 0.6) is 0 Å². The van der Waals surface area contributed by atoms with Crippen LogP contribution in [0.1, 0.15) is 17.8 Å². The summed E-state index contributed by atoms with van der Waals surface area (Å²) in [5.74, 6) is 0.893. The maximum Gasteiger partial charge on any atom is 0.150 e. The number of imidazole rings is 1. The van der Waals surface area contributed by atoms with E-state index in [0.717, 1.165) is 29.9 Å². The molecule has 3 rings (SSSR count). The molecular formula is C13H16N2O2S. The molecule has 0 N–H and O–H groups in total. The number of rotatable bonds is 2. The van der Waals surface area contributed by atoms with Crippen LogP contribution in [0.15, 0.2) is 24.4 Å². The average molecular weight is 264 g/mol. The summed E-state index contributed by atoms with van der Waals surface area (Å²) >= 11 is 0. The molecule has 18 heavy (non-hydrogen) atoms. The van der Waals surface area contributed by atoms with Gasteiger partial charge in [0, 0.05) is 11.9 Å². The molecule has 0 saturated carbocycles. The SMILES string of the molecule is Cc1cccc2nc(CC3CCS(=O)(=O)C3)cn12. The van der Waals surface area contributed by atoms with E-state index in [4.69, 9.17) is 0 Å². The number of sulfone groups is 1. The molecule has 1 aliphatic heterocycles. The molecule has 1 saturated heterocycles. The van der Waals surface area contributed by atoms with Crippen molar-refractivity contribution in [2.24, 2.45) is 5.92 Å². The molecule has 2 aromatic heterocycles. The summed E-state index contributed by atoms with van der Waals surface area (Å²) in [6.45, 7) is 2.04. The van der Waals surface area contributed by atoms with Crippen LogP contribution >= 0.6 is 0 Å². The second-order valence-corrected chi connectivity index (χ2v) is 7.33. The first-order valence-corrected chi connectivity index (χ1v) is 8.00. The molecule has 5 heteroatoms. The molecule has 1 atom stereocenters. The Labute approximate surface area is 107 Å². The Morgan fingerprint density at radius 2 is 2.28 bits per heavy atom. The minimum atomic E-state index is -2.79. The van der Waals surface area contributed by atoms with Crippen LogP contribution in [0.25, 0.3) is 5.65 Å². The normalized spacial score (nSPS) is 22.6. The molecule has 0 aliphatic carbocycles. The van der Waals surface area contributed by atoms with Crippen LogP contribution in [0, 0.1) is 12.8 Å². The first kappa shape index (κ1) is 11.7. The highest BCUT2D eigenvalue weighted by molar-refractivity contribution is 7.91. The molecular weight excluding hydrogens is 248 g/mol. The number of pyridine rings is 1. The van der Waals surface area contributed by atoms with E-state index in [0.29, 0.717) is 11.5 Å².